The molecule has 0 saturated carbocycles. The van der Waals surface area contributed by atoms with Crippen LogP contribution in [0.1, 0.15) is 63.8 Å². The number of para-hydroxylation sites is 2. The average molecular weight is 569 g/mol. The van der Waals surface area contributed by atoms with Gasteiger partial charge in [-0.1, -0.05) is 35.9 Å². The summed E-state index contributed by atoms with van der Waals surface area (Å²) in [6.45, 7) is 8.26. The minimum absolute atomic E-state index is 0.0155. The molecule has 1 saturated heterocycles. The number of alkyl carbamates (subject to hydrolysis) is 1. The molecule has 0 radical (unpaired) electrons. The lowest BCUT2D eigenvalue weighted by Gasteiger charge is -2.34. The largest absolute Gasteiger partial charge is 0.444 e. The Morgan fingerprint density at radius 3 is 2.62 bits per heavy atom. The average Bonchev–Trinajstić information content (AvgIpc) is 3.28. The van der Waals surface area contributed by atoms with E-state index in [1.807, 2.05) is 68.1 Å². The molecule has 1 fully saturated rings. The number of ether oxygens (including phenoxy) is 2. The summed E-state index contributed by atoms with van der Waals surface area (Å²) in [7, 11) is 1.72. The van der Waals surface area contributed by atoms with Gasteiger partial charge in [-0.05, 0) is 76.3 Å². The number of aromatic nitrogens is 2. The zero-order valence-electron chi connectivity index (χ0n) is 24.0. The first-order chi connectivity index (χ1) is 19.1. The highest BCUT2D eigenvalue weighted by atomic mass is 35.5. The number of rotatable bonds is 10. The van der Waals surface area contributed by atoms with Gasteiger partial charge in [0.2, 0.25) is 5.91 Å². The third-order valence-electron chi connectivity index (χ3n) is 7.09. The number of amides is 2. The fraction of sp³-hybridized carbons (Fsp3) is 0.516. The van der Waals surface area contributed by atoms with Crippen molar-refractivity contribution in [3.8, 4) is 0 Å². The van der Waals surface area contributed by atoms with E-state index in [-0.39, 0.29) is 18.2 Å². The van der Waals surface area contributed by atoms with Crippen LogP contribution >= 0.6 is 11.6 Å². The van der Waals surface area contributed by atoms with Crippen LogP contribution in [-0.2, 0) is 27.2 Å². The van der Waals surface area contributed by atoms with E-state index in [0.717, 1.165) is 48.2 Å². The SMILES string of the molecule is COCCCn1c([C@@H]2CCCN(C(=O)C[C@@H](Cc3ccc(Cl)cc3)NC(=O)OC(C)(C)C)C2)nc2ccccc21. The van der Waals surface area contributed by atoms with Gasteiger partial charge >= 0.3 is 6.09 Å². The van der Waals surface area contributed by atoms with Gasteiger partial charge < -0.3 is 24.3 Å². The third-order valence-corrected chi connectivity index (χ3v) is 7.34. The van der Waals surface area contributed by atoms with E-state index in [0.29, 0.717) is 31.1 Å². The number of piperidine rings is 1. The van der Waals surface area contributed by atoms with Gasteiger partial charge in [0.05, 0.1) is 11.0 Å². The molecule has 0 spiro atoms. The molecule has 8 nitrogen and oxygen atoms in total. The highest BCUT2D eigenvalue weighted by Crippen LogP contribution is 2.30. The number of methoxy groups -OCH3 is 1. The summed E-state index contributed by atoms with van der Waals surface area (Å²) in [6.07, 6.45) is 2.91. The maximum atomic E-state index is 13.6. The molecule has 4 rings (SSSR count). The summed E-state index contributed by atoms with van der Waals surface area (Å²) in [6, 6.07) is 15.2. The zero-order chi connectivity index (χ0) is 28.7. The summed E-state index contributed by atoms with van der Waals surface area (Å²) in [5.41, 5.74) is 2.44. The van der Waals surface area contributed by atoms with Gasteiger partial charge in [-0.2, -0.15) is 0 Å². The summed E-state index contributed by atoms with van der Waals surface area (Å²) in [4.78, 5) is 33.2. The second-order valence-electron chi connectivity index (χ2n) is 11.5. The highest BCUT2D eigenvalue weighted by molar-refractivity contribution is 6.30. The van der Waals surface area contributed by atoms with Gasteiger partial charge in [-0.25, -0.2) is 9.78 Å². The molecule has 216 valence electrons. The molecule has 2 atom stereocenters. The number of carbonyl (C=O) groups is 2. The van der Waals surface area contributed by atoms with Crippen molar-refractivity contribution in [3.05, 3.63) is 64.9 Å². The second-order valence-corrected chi connectivity index (χ2v) is 11.9. The highest BCUT2D eigenvalue weighted by Gasteiger charge is 2.30. The van der Waals surface area contributed by atoms with Gasteiger partial charge in [0.25, 0.3) is 0 Å². The Labute approximate surface area is 242 Å². The number of hydrogen-bond donors (Lipinski definition) is 1. The number of fused-ring (bicyclic) bond motifs is 1. The van der Waals surface area contributed by atoms with Crippen molar-refractivity contribution in [3.63, 3.8) is 0 Å². The molecule has 2 heterocycles. The molecule has 1 N–H and O–H groups in total. The van der Waals surface area contributed by atoms with Gasteiger partial charge in [0, 0.05) is 56.8 Å². The van der Waals surface area contributed by atoms with Crippen molar-refractivity contribution in [2.24, 2.45) is 0 Å². The lowest BCUT2D eigenvalue weighted by molar-refractivity contribution is -0.132. The van der Waals surface area contributed by atoms with Crippen molar-refractivity contribution in [1.29, 1.82) is 0 Å². The van der Waals surface area contributed by atoms with Gasteiger partial charge in [-0.3, -0.25) is 4.79 Å². The fourth-order valence-electron chi connectivity index (χ4n) is 5.32. The van der Waals surface area contributed by atoms with Crippen molar-refractivity contribution in [2.75, 3.05) is 26.8 Å². The maximum absolute atomic E-state index is 13.6. The van der Waals surface area contributed by atoms with Crippen molar-refractivity contribution in [1.82, 2.24) is 19.8 Å². The molecule has 1 aliphatic heterocycles. The Morgan fingerprint density at radius 1 is 1.15 bits per heavy atom. The van der Waals surface area contributed by atoms with Crippen molar-refractivity contribution < 1.29 is 19.1 Å². The quantitative estimate of drug-likeness (QED) is 0.305. The molecule has 0 aliphatic carbocycles. The Bertz CT molecular complexity index is 1280. The molecular formula is C31H41ClN4O4. The van der Waals surface area contributed by atoms with Crippen LogP contribution in [0, 0.1) is 0 Å². The van der Waals surface area contributed by atoms with E-state index >= 15 is 0 Å². The van der Waals surface area contributed by atoms with Gasteiger partial charge in [-0.15, -0.1) is 0 Å². The Balaban J connectivity index is 1.49. The third kappa shape index (κ3) is 8.21. The van der Waals surface area contributed by atoms with E-state index in [1.165, 1.54) is 0 Å². The molecule has 3 aromatic rings. The number of aryl methyl sites for hydroxylation is 1. The van der Waals surface area contributed by atoms with E-state index < -0.39 is 17.7 Å². The summed E-state index contributed by atoms with van der Waals surface area (Å²) in [5, 5.41) is 3.58. The molecular weight excluding hydrogens is 528 g/mol. The van der Waals surface area contributed by atoms with Crippen LogP contribution in [0.3, 0.4) is 0 Å². The summed E-state index contributed by atoms with van der Waals surface area (Å²) < 4.78 is 13.1. The Kier molecular flexibility index (Phi) is 10.1. The minimum atomic E-state index is -0.631. The number of carbonyl (C=O) groups excluding carboxylic acids is 2. The topological polar surface area (TPSA) is 85.7 Å². The standard InChI is InChI=1S/C31H41ClN4O4/c1-31(2,3)40-30(38)33-25(19-22-12-14-24(32)15-13-22)20-28(37)35-16-7-9-23(21-35)29-34-26-10-5-6-11-27(26)36(29)17-8-18-39-4/h5-6,10-15,23,25H,7-9,16-21H2,1-4H3,(H,33,38)/t23-,25-/m1/s1. The predicted molar refractivity (Wildman–Crippen MR) is 158 cm³/mol. The van der Waals surface area contributed by atoms with E-state index in [4.69, 9.17) is 26.1 Å². The lowest BCUT2D eigenvalue weighted by Crippen LogP contribution is -2.46. The first-order valence-corrected chi connectivity index (χ1v) is 14.5. The van der Waals surface area contributed by atoms with Crippen molar-refractivity contribution in [2.45, 2.75) is 77.0 Å². The summed E-state index contributed by atoms with van der Waals surface area (Å²) in [5.74, 6) is 1.18. The zero-order valence-corrected chi connectivity index (χ0v) is 24.7. The number of likely N-dealkylation sites (tertiary alicyclic amines) is 1. The predicted octanol–water partition coefficient (Wildman–Crippen LogP) is 5.96. The van der Waals surface area contributed by atoms with Crippen LogP contribution < -0.4 is 5.32 Å². The number of hydrogen-bond acceptors (Lipinski definition) is 5. The normalized spacial score (nSPS) is 16.6. The van der Waals surface area contributed by atoms with Crippen LogP contribution in [0.4, 0.5) is 4.79 Å². The van der Waals surface area contributed by atoms with Crippen LogP contribution in [0.5, 0.6) is 0 Å². The monoisotopic (exact) mass is 568 g/mol. The first-order valence-electron chi connectivity index (χ1n) is 14.1. The van der Waals surface area contributed by atoms with E-state index in [1.54, 1.807) is 7.11 Å². The number of halogens is 1. The molecule has 0 bridgehead atoms. The Morgan fingerprint density at radius 2 is 1.90 bits per heavy atom. The fourth-order valence-corrected chi connectivity index (χ4v) is 5.44. The second kappa shape index (κ2) is 13.5. The van der Waals surface area contributed by atoms with Crippen LogP contribution in [0.2, 0.25) is 5.02 Å². The van der Waals surface area contributed by atoms with Gasteiger partial charge in [0.15, 0.2) is 0 Å². The van der Waals surface area contributed by atoms with E-state index in [9.17, 15) is 9.59 Å². The molecule has 40 heavy (non-hydrogen) atoms. The molecule has 2 amide bonds. The summed E-state index contributed by atoms with van der Waals surface area (Å²) >= 11 is 6.06. The van der Waals surface area contributed by atoms with Crippen molar-refractivity contribution >= 4 is 34.6 Å². The number of benzene rings is 2. The van der Waals surface area contributed by atoms with Crippen LogP contribution in [0.15, 0.2) is 48.5 Å². The van der Waals surface area contributed by atoms with Gasteiger partial charge in [0.1, 0.15) is 11.4 Å². The molecule has 9 heteroatoms. The molecule has 2 aromatic carbocycles. The molecule has 1 aliphatic rings. The number of imidazole rings is 1. The van der Waals surface area contributed by atoms with E-state index in [2.05, 4.69) is 16.0 Å². The number of nitrogens with one attached hydrogen (secondary N) is 1. The maximum Gasteiger partial charge on any atom is 0.407 e. The first kappa shape index (κ1) is 29.9. The van der Waals surface area contributed by atoms with Crippen LogP contribution in [0.25, 0.3) is 11.0 Å². The smallest absolute Gasteiger partial charge is 0.407 e. The Hall–Kier alpha value is -3.10. The van der Waals surface area contributed by atoms with Crippen LogP contribution in [-0.4, -0.2) is 64.9 Å². The molecule has 1 aromatic heterocycles. The number of nitrogens with zero attached hydrogens (tertiary/aromatic N) is 3. The minimum Gasteiger partial charge on any atom is -0.444 e. The molecule has 0 unspecified atom stereocenters. The lowest BCUT2D eigenvalue weighted by atomic mass is 9.95.